The van der Waals surface area contributed by atoms with Crippen LogP contribution in [0.15, 0.2) is 33.7 Å². The molecule has 3 rings (SSSR count). The number of aryl methyl sites for hydroxylation is 1. The Hall–Kier alpha value is -1.37. The second kappa shape index (κ2) is 5.95. The van der Waals surface area contributed by atoms with Crippen molar-refractivity contribution in [2.24, 2.45) is 5.73 Å². The minimum absolute atomic E-state index is 0.0284. The molecule has 1 aliphatic rings. The summed E-state index contributed by atoms with van der Waals surface area (Å²) in [4.78, 5) is 5.61. The van der Waals surface area contributed by atoms with Crippen LogP contribution in [0.1, 0.15) is 23.2 Å². The first-order valence-electron chi connectivity index (χ1n) is 6.57. The van der Waals surface area contributed by atoms with Gasteiger partial charge in [0.15, 0.2) is 5.82 Å². The van der Waals surface area contributed by atoms with E-state index in [0.717, 1.165) is 0 Å². The van der Waals surface area contributed by atoms with Gasteiger partial charge in [0.1, 0.15) is 0 Å². The molecule has 0 spiro atoms. The lowest BCUT2D eigenvalue weighted by molar-refractivity contribution is 0.187. The summed E-state index contributed by atoms with van der Waals surface area (Å²) >= 11 is 1.69. The molecule has 0 radical (unpaired) electrons. The van der Waals surface area contributed by atoms with E-state index in [1.807, 2.05) is 0 Å². The monoisotopic (exact) mass is 291 g/mol. The van der Waals surface area contributed by atoms with Gasteiger partial charge in [-0.2, -0.15) is 4.98 Å². The number of thioether (sulfide) groups is 1. The van der Waals surface area contributed by atoms with Crippen LogP contribution in [0.3, 0.4) is 0 Å². The second-order valence-electron chi connectivity index (χ2n) is 4.96. The predicted octanol–water partition coefficient (Wildman–Crippen LogP) is 2.11. The maximum Gasteiger partial charge on any atom is 0.233 e. The van der Waals surface area contributed by atoms with Gasteiger partial charge in [-0.25, -0.2) is 0 Å². The third-order valence-corrected chi connectivity index (χ3v) is 4.32. The predicted molar refractivity (Wildman–Crippen MR) is 76.6 cm³/mol. The summed E-state index contributed by atoms with van der Waals surface area (Å²) < 4.78 is 10.6. The van der Waals surface area contributed by atoms with Gasteiger partial charge in [-0.05, 0) is 19.1 Å². The SMILES string of the molecule is Cc1ccc(SCc2noc(C3COCC3N)n2)cc1. The molecule has 1 fully saturated rings. The lowest BCUT2D eigenvalue weighted by atomic mass is 10.1. The maximum absolute atomic E-state index is 5.94. The van der Waals surface area contributed by atoms with Crippen LogP contribution in [0.4, 0.5) is 0 Å². The van der Waals surface area contributed by atoms with E-state index < -0.39 is 0 Å². The number of hydrogen-bond donors (Lipinski definition) is 1. The van der Waals surface area contributed by atoms with Crippen LogP contribution < -0.4 is 5.73 Å². The number of rotatable bonds is 4. The van der Waals surface area contributed by atoms with E-state index in [1.165, 1.54) is 10.5 Å². The van der Waals surface area contributed by atoms with Gasteiger partial charge < -0.3 is 15.0 Å². The zero-order chi connectivity index (χ0) is 13.9. The third-order valence-electron chi connectivity index (χ3n) is 3.31. The van der Waals surface area contributed by atoms with Crippen LogP contribution in [0.2, 0.25) is 0 Å². The van der Waals surface area contributed by atoms with Crippen molar-refractivity contribution in [1.29, 1.82) is 0 Å². The highest BCUT2D eigenvalue weighted by Crippen LogP contribution is 2.25. The molecule has 2 atom stereocenters. The largest absolute Gasteiger partial charge is 0.379 e. The Balaban J connectivity index is 1.61. The number of nitrogens with two attached hydrogens (primary N) is 1. The highest BCUT2D eigenvalue weighted by atomic mass is 32.2. The molecule has 2 aromatic rings. The van der Waals surface area contributed by atoms with Gasteiger partial charge in [-0.1, -0.05) is 22.9 Å². The molecule has 0 aliphatic carbocycles. The Kier molecular flexibility index (Phi) is 4.05. The zero-order valence-corrected chi connectivity index (χ0v) is 12.1. The second-order valence-corrected chi connectivity index (χ2v) is 6.01. The fourth-order valence-corrected chi connectivity index (χ4v) is 2.83. The molecular formula is C14H17N3O2S. The Labute approximate surface area is 121 Å². The number of benzene rings is 1. The maximum atomic E-state index is 5.94. The average Bonchev–Trinajstić information content (AvgIpc) is 3.06. The van der Waals surface area contributed by atoms with E-state index in [0.29, 0.717) is 30.7 Å². The summed E-state index contributed by atoms with van der Waals surface area (Å²) in [6, 6.07) is 8.34. The van der Waals surface area contributed by atoms with E-state index in [2.05, 4.69) is 41.3 Å². The van der Waals surface area contributed by atoms with Crippen molar-refractivity contribution in [2.75, 3.05) is 13.2 Å². The molecule has 1 aromatic heterocycles. The standard InChI is InChI=1S/C14H17N3O2S/c1-9-2-4-10(5-3-9)20-8-13-16-14(19-17-13)11-6-18-7-12(11)15/h2-5,11-12H,6-8,15H2,1H3. The third kappa shape index (κ3) is 3.03. The van der Waals surface area contributed by atoms with Crippen LogP contribution in [0, 0.1) is 6.92 Å². The molecule has 5 nitrogen and oxygen atoms in total. The van der Waals surface area contributed by atoms with E-state index in [-0.39, 0.29) is 12.0 Å². The molecule has 20 heavy (non-hydrogen) atoms. The minimum atomic E-state index is -0.0481. The molecule has 1 saturated heterocycles. The molecule has 1 aromatic carbocycles. The van der Waals surface area contributed by atoms with E-state index in [1.54, 1.807) is 11.8 Å². The lowest BCUT2D eigenvalue weighted by Gasteiger charge is -2.06. The van der Waals surface area contributed by atoms with E-state index in [9.17, 15) is 0 Å². The van der Waals surface area contributed by atoms with Gasteiger partial charge in [0, 0.05) is 10.9 Å². The van der Waals surface area contributed by atoms with Crippen LogP contribution in [-0.2, 0) is 10.5 Å². The zero-order valence-electron chi connectivity index (χ0n) is 11.3. The van der Waals surface area contributed by atoms with E-state index >= 15 is 0 Å². The average molecular weight is 291 g/mol. The van der Waals surface area contributed by atoms with Crippen molar-refractivity contribution >= 4 is 11.8 Å². The van der Waals surface area contributed by atoms with Crippen molar-refractivity contribution in [3.8, 4) is 0 Å². The van der Waals surface area contributed by atoms with Gasteiger partial charge in [0.05, 0.1) is 24.9 Å². The Bertz CT molecular complexity index is 570. The summed E-state index contributed by atoms with van der Waals surface area (Å²) in [6.07, 6.45) is 0. The first kappa shape index (κ1) is 13.6. The van der Waals surface area contributed by atoms with Crippen molar-refractivity contribution < 1.29 is 9.26 Å². The summed E-state index contributed by atoms with van der Waals surface area (Å²) in [5, 5.41) is 4.01. The number of hydrogen-bond acceptors (Lipinski definition) is 6. The highest BCUT2D eigenvalue weighted by molar-refractivity contribution is 7.98. The normalized spacial score (nSPS) is 22.3. The molecule has 0 saturated carbocycles. The number of aromatic nitrogens is 2. The van der Waals surface area contributed by atoms with Crippen molar-refractivity contribution in [1.82, 2.24) is 10.1 Å². The highest BCUT2D eigenvalue weighted by Gasteiger charge is 2.31. The number of ether oxygens (including phenoxy) is 1. The van der Waals surface area contributed by atoms with Crippen LogP contribution in [0.5, 0.6) is 0 Å². The number of nitrogens with zero attached hydrogens (tertiary/aromatic N) is 2. The summed E-state index contributed by atoms with van der Waals surface area (Å²) in [6.45, 7) is 3.20. The van der Waals surface area contributed by atoms with Crippen molar-refractivity contribution in [3.05, 3.63) is 41.5 Å². The topological polar surface area (TPSA) is 74.2 Å². The molecule has 0 amide bonds. The summed E-state index contributed by atoms with van der Waals surface area (Å²) in [7, 11) is 0. The molecule has 6 heteroatoms. The molecular weight excluding hydrogens is 274 g/mol. The van der Waals surface area contributed by atoms with Gasteiger partial charge in [-0.3, -0.25) is 0 Å². The quantitative estimate of drug-likeness (QED) is 0.870. The lowest BCUT2D eigenvalue weighted by Crippen LogP contribution is -2.27. The molecule has 2 N–H and O–H groups in total. The fourth-order valence-electron chi connectivity index (χ4n) is 2.08. The fraction of sp³-hybridized carbons (Fsp3) is 0.429. The summed E-state index contributed by atoms with van der Waals surface area (Å²) in [5.41, 5.74) is 7.20. The summed E-state index contributed by atoms with van der Waals surface area (Å²) in [5.74, 6) is 2.01. The molecule has 2 heterocycles. The van der Waals surface area contributed by atoms with Crippen LogP contribution >= 0.6 is 11.8 Å². The minimum Gasteiger partial charge on any atom is -0.379 e. The smallest absolute Gasteiger partial charge is 0.233 e. The van der Waals surface area contributed by atoms with Gasteiger partial charge in [0.25, 0.3) is 0 Å². The molecule has 2 unspecified atom stereocenters. The first-order chi connectivity index (χ1) is 9.72. The van der Waals surface area contributed by atoms with Gasteiger partial charge in [0.2, 0.25) is 5.89 Å². The Morgan fingerprint density at radius 2 is 2.10 bits per heavy atom. The Morgan fingerprint density at radius 1 is 1.30 bits per heavy atom. The van der Waals surface area contributed by atoms with Gasteiger partial charge >= 0.3 is 0 Å². The molecule has 1 aliphatic heterocycles. The Morgan fingerprint density at radius 3 is 2.80 bits per heavy atom. The van der Waals surface area contributed by atoms with Gasteiger partial charge in [-0.15, -0.1) is 11.8 Å². The van der Waals surface area contributed by atoms with E-state index in [4.69, 9.17) is 15.0 Å². The molecule has 106 valence electrons. The molecule has 0 bridgehead atoms. The van der Waals surface area contributed by atoms with Crippen molar-refractivity contribution in [3.63, 3.8) is 0 Å². The van der Waals surface area contributed by atoms with Crippen LogP contribution in [0.25, 0.3) is 0 Å². The van der Waals surface area contributed by atoms with Crippen molar-refractivity contribution in [2.45, 2.75) is 29.5 Å². The first-order valence-corrected chi connectivity index (χ1v) is 7.56. The van der Waals surface area contributed by atoms with Crippen LogP contribution in [-0.4, -0.2) is 29.4 Å².